The van der Waals surface area contributed by atoms with Crippen molar-refractivity contribution < 1.29 is 23.9 Å². The van der Waals surface area contributed by atoms with E-state index in [9.17, 15) is 14.4 Å². The zero-order valence-corrected chi connectivity index (χ0v) is 22.9. The minimum Gasteiger partial charge on any atom is -0.459 e. The highest BCUT2D eigenvalue weighted by atomic mass is 16.6. The Morgan fingerprint density at radius 1 is 0.947 bits per heavy atom. The van der Waals surface area contributed by atoms with Crippen molar-refractivity contribution >= 4 is 28.9 Å². The highest BCUT2D eigenvalue weighted by molar-refractivity contribution is 5.90. The summed E-state index contributed by atoms with van der Waals surface area (Å²) in [5.74, 6) is -0.845. The number of aromatic nitrogens is 1. The first kappa shape index (κ1) is 28.8. The average molecular weight is 522 g/mol. The van der Waals surface area contributed by atoms with Gasteiger partial charge < -0.3 is 25.1 Å². The molecule has 3 aromatic rings. The number of H-pyrrole nitrogens is 1. The molecule has 1 unspecified atom stereocenters. The predicted molar refractivity (Wildman–Crippen MR) is 147 cm³/mol. The second-order valence-corrected chi connectivity index (χ2v) is 10.7. The number of benzene rings is 2. The number of hydrogen-bond acceptors (Lipinski definition) is 5. The van der Waals surface area contributed by atoms with Gasteiger partial charge in [-0.05, 0) is 50.3 Å². The first-order chi connectivity index (χ1) is 18.1. The first-order valence-electron chi connectivity index (χ1n) is 13.1. The number of carbonyl (C=O) groups excluding carboxylic acids is 3. The van der Waals surface area contributed by atoms with Crippen LogP contribution in [0.2, 0.25) is 0 Å². The van der Waals surface area contributed by atoms with Crippen LogP contribution in [0.4, 0.5) is 4.79 Å². The van der Waals surface area contributed by atoms with Crippen molar-refractivity contribution in [2.24, 2.45) is 5.92 Å². The fourth-order valence-electron chi connectivity index (χ4n) is 4.07. The van der Waals surface area contributed by atoms with Gasteiger partial charge in [0.2, 0.25) is 5.91 Å². The Morgan fingerprint density at radius 3 is 2.32 bits per heavy atom. The van der Waals surface area contributed by atoms with Gasteiger partial charge in [0.25, 0.3) is 0 Å². The number of fused-ring (bicyclic) bond motifs is 1. The maximum absolute atomic E-state index is 13.5. The van der Waals surface area contributed by atoms with Gasteiger partial charge in [0, 0.05) is 23.5 Å². The number of hydrogen-bond donors (Lipinski definition) is 3. The molecule has 2 amide bonds. The number of carbonyl (C=O) groups is 3. The van der Waals surface area contributed by atoms with E-state index in [2.05, 4.69) is 15.6 Å². The molecule has 0 bridgehead atoms. The summed E-state index contributed by atoms with van der Waals surface area (Å²) in [6, 6.07) is 15.3. The smallest absolute Gasteiger partial charge is 0.408 e. The minimum absolute atomic E-state index is 0.0897. The number of ether oxygens (including phenoxy) is 2. The van der Waals surface area contributed by atoms with Gasteiger partial charge in [-0.3, -0.25) is 4.79 Å². The molecule has 38 heavy (non-hydrogen) atoms. The quantitative estimate of drug-likeness (QED) is 0.298. The van der Waals surface area contributed by atoms with E-state index in [1.807, 2.05) is 74.6 Å². The number of rotatable bonds is 11. The Morgan fingerprint density at radius 2 is 1.63 bits per heavy atom. The molecule has 1 heterocycles. The normalized spacial score (nSPS) is 13.8. The van der Waals surface area contributed by atoms with Crippen LogP contribution < -0.4 is 10.6 Å². The van der Waals surface area contributed by atoms with Crippen LogP contribution in [0, 0.1) is 5.92 Å². The number of alkyl carbamates (subject to hydrolysis) is 1. The zero-order valence-electron chi connectivity index (χ0n) is 22.9. The monoisotopic (exact) mass is 521 g/mol. The van der Waals surface area contributed by atoms with E-state index in [0.717, 1.165) is 28.5 Å². The molecule has 204 valence electrons. The second-order valence-electron chi connectivity index (χ2n) is 10.7. The highest BCUT2D eigenvalue weighted by Crippen LogP contribution is 2.20. The molecule has 0 fully saturated rings. The molecule has 3 N–H and O–H groups in total. The van der Waals surface area contributed by atoms with Gasteiger partial charge in [-0.2, -0.15) is 0 Å². The summed E-state index contributed by atoms with van der Waals surface area (Å²) in [7, 11) is 0. The van der Waals surface area contributed by atoms with Gasteiger partial charge >= 0.3 is 12.1 Å². The molecule has 1 aromatic heterocycles. The molecule has 3 atom stereocenters. The van der Waals surface area contributed by atoms with Crippen LogP contribution in [0.3, 0.4) is 0 Å². The van der Waals surface area contributed by atoms with Gasteiger partial charge in [-0.15, -0.1) is 0 Å². The molecular weight excluding hydrogens is 482 g/mol. The standard InChI is InChI=1S/C30H39N3O5/c1-6-20(2)16-25(33-29(36)38-30(3,4)5)27(34)32-26(28(35)37-19-21-12-8-7-9-13-21)17-22-18-31-24-15-11-10-14-23(22)24/h7-15,18,20,25-26,31H,6,16-17,19H2,1-5H3,(H,32,34)(H,33,36)/t20-,25-,26?/m1/s1. The highest BCUT2D eigenvalue weighted by Gasteiger charge is 2.30. The Kier molecular flexibility index (Phi) is 9.93. The van der Waals surface area contributed by atoms with Crippen molar-refractivity contribution in [2.45, 2.75) is 78.2 Å². The van der Waals surface area contributed by atoms with E-state index >= 15 is 0 Å². The average Bonchev–Trinajstić information content (AvgIpc) is 3.28. The maximum atomic E-state index is 13.5. The summed E-state index contributed by atoms with van der Waals surface area (Å²) in [5.41, 5.74) is 1.95. The van der Waals surface area contributed by atoms with Gasteiger partial charge in [-0.25, -0.2) is 9.59 Å². The Bertz CT molecular complexity index is 1220. The molecule has 0 aliphatic rings. The van der Waals surface area contributed by atoms with Crippen LogP contribution in [-0.2, 0) is 32.1 Å². The molecule has 0 saturated carbocycles. The van der Waals surface area contributed by atoms with Crippen molar-refractivity contribution in [1.82, 2.24) is 15.6 Å². The Hall–Kier alpha value is -3.81. The molecule has 0 saturated heterocycles. The second kappa shape index (κ2) is 13.1. The maximum Gasteiger partial charge on any atom is 0.408 e. The number of nitrogens with one attached hydrogen (secondary N) is 3. The van der Waals surface area contributed by atoms with Crippen LogP contribution in [0.25, 0.3) is 10.9 Å². The predicted octanol–water partition coefficient (Wildman–Crippen LogP) is 5.27. The summed E-state index contributed by atoms with van der Waals surface area (Å²) in [5, 5.41) is 6.52. The minimum atomic E-state index is -0.953. The van der Waals surface area contributed by atoms with Gasteiger partial charge in [0.15, 0.2) is 0 Å². The molecule has 8 nitrogen and oxygen atoms in total. The zero-order chi connectivity index (χ0) is 27.7. The van der Waals surface area contributed by atoms with Crippen LogP contribution in [0.15, 0.2) is 60.8 Å². The van der Waals surface area contributed by atoms with Crippen LogP contribution in [0.1, 0.15) is 58.6 Å². The van der Waals surface area contributed by atoms with Gasteiger partial charge in [0.05, 0.1) is 0 Å². The third-order valence-corrected chi connectivity index (χ3v) is 6.27. The van der Waals surface area contributed by atoms with Crippen molar-refractivity contribution in [2.75, 3.05) is 0 Å². The van der Waals surface area contributed by atoms with E-state index in [1.54, 1.807) is 20.8 Å². The van der Waals surface area contributed by atoms with Crippen LogP contribution in [-0.4, -0.2) is 40.6 Å². The van der Waals surface area contributed by atoms with Crippen LogP contribution >= 0.6 is 0 Å². The molecular formula is C30H39N3O5. The fourth-order valence-corrected chi connectivity index (χ4v) is 4.07. The van der Waals surface area contributed by atoms with Crippen molar-refractivity contribution in [1.29, 1.82) is 0 Å². The summed E-state index contributed by atoms with van der Waals surface area (Å²) < 4.78 is 11.0. The molecule has 2 aromatic carbocycles. The largest absolute Gasteiger partial charge is 0.459 e. The molecule has 8 heteroatoms. The van der Waals surface area contributed by atoms with E-state index in [0.29, 0.717) is 6.42 Å². The third kappa shape index (κ3) is 8.64. The first-order valence-corrected chi connectivity index (χ1v) is 13.1. The summed E-state index contributed by atoms with van der Waals surface area (Å²) >= 11 is 0. The lowest BCUT2D eigenvalue weighted by Crippen LogP contribution is -2.53. The molecule has 0 radical (unpaired) electrons. The fraction of sp³-hybridized carbons (Fsp3) is 0.433. The van der Waals surface area contributed by atoms with E-state index in [1.165, 1.54) is 0 Å². The van der Waals surface area contributed by atoms with Crippen LogP contribution in [0.5, 0.6) is 0 Å². The summed E-state index contributed by atoms with van der Waals surface area (Å²) in [6.45, 7) is 9.40. The lowest BCUT2D eigenvalue weighted by molar-refractivity contribution is -0.149. The van der Waals surface area contributed by atoms with Crippen molar-refractivity contribution in [3.05, 3.63) is 71.9 Å². The number of aromatic amines is 1. The lowest BCUT2D eigenvalue weighted by atomic mass is 9.98. The summed E-state index contributed by atoms with van der Waals surface area (Å²) in [4.78, 5) is 42.5. The number of amides is 2. The molecule has 0 aliphatic heterocycles. The molecule has 0 aliphatic carbocycles. The third-order valence-electron chi connectivity index (χ3n) is 6.27. The van der Waals surface area contributed by atoms with E-state index in [-0.39, 0.29) is 18.9 Å². The number of para-hydroxylation sites is 1. The molecule has 3 rings (SSSR count). The lowest BCUT2D eigenvalue weighted by Gasteiger charge is -2.26. The topological polar surface area (TPSA) is 110 Å². The van der Waals surface area contributed by atoms with Gasteiger partial charge in [-0.1, -0.05) is 68.8 Å². The number of esters is 1. The van der Waals surface area contributed by atoms with Gasteiger partial charge in [0.1, 0.15) is 24.3 Å². The summed E-state index contributed by atoms with van der Waals surface area (Å²) in [6.07, 6.45) is 2.62. The Balaban J connectivity index is 1.80. The molecule has 0 spiro atoms. The van der Waals surface area contributed by atoms with Crippen molar-refractivity contribution in [3.8, 4) is 0 Å². The van der Waals surface area contributed by atoms with Crippen molar-refractivity contribution in [3.63, 3.8) is 0 Å². The SMILES string of the molecule is CC[C@@H](C)C[C@@H](NC(=O)OC(C)(C)C)C(=O)NC(Cc1c[nH]c2ccccc12)C(=O)OCc1ccccc1. The Labute approximate surface area is 224 Å². The van der Waals surface area contributed by atoms with E-state index in [4.69, 9.17) is 9.47 Å². The van der Waals surface area contributed by atoms with E-state index < -0.39 is 35.7 Å².